The zero-order valence-electron chi connectivity index (χ0n) is 19.7. The molecule has 1 N–H and O–H groups in total. The SMILES string of the molecule is COc1cc(C(=O)N2CC[NH+](CCC(=O)C3=CSC4C=CC=CC34)CC2)cc(OC)c1OC.[Cl-]. The molecule has 1 amide bonds. The number of methoxy groups -OCH3 is 3. The molecule has 1 aromatic rings. The van der Waals surface area contributed by atoms with Crippen molar-refractivity contribution in [2.45, 2.75) is 11.7 Å². The molecular formula is C25H31ClN2O5S. The molecular weight excluding hydrogens is 476 g/mol. The molecule has 0 aromatic heterocycles. The lowest BCUT2D eigenvalue weighted by Crippen LogP contribution is -3.14. The first-order valence-corrected chi connectivity index (χ1v) is 12.2. The molecule has 1 aromatic carbocycles. The number of nitrogens with one attached hydrogen (secondary N) is 1. The number of ether oxygens (including phenoxy) is 3. The van der Waals surface area contributed by atoms with Gasteiger partial charge in [0.2, 0.25) is 5.75 Å². The number of ketones is 1. The summed E-state index contributed by atoms with van der Waals surface area (Å²) in [6.45, 7) is 3.74. The van der Waals surface area contributed by atoms with E-state index in [1.54, 1.807) is 23.9 Å². The number of allylic oxidation sites excluding steroid dienone is 4. The number of carbonyl (C=O) groups excluding carboxylic acids is 2. The number of carbonyl (C=O) groups is 2. The fourth-order valence-corrected chi connectivity index (χ4v) is 5.76. The molecule has 2 atom stereocenters. The maximum atomic E-state index is 13.1. The summed E-state index contributed by atoms with van der Waals surface area (Å²) in [7, 11) is 4.62. The number of amides is 1. The summed E-state index contributed by atoms with van der Waals surface area (Å²) >= 11 is 1.74. The fourth-order valence-electron chi connectivity index (χ4n) is 4.58. The van der Waals surface area contributed by atoms with Crippen molar-refractivity contribution in [3.8, 4) is 17.2 Å². The zero-order valence-corrected chi connectivity index (χ0v) is 21.3. The highest BCUT2D eigenvalue weighted by molar-refractivity contribution is 8.03. The van der Waals surface area contributed by atoms with Gasteiger partial charge in [0.05, 0.1) is 60.5 Å². The van der Waals surface area contributed by atoms with E-state index >= 15 is 0 Å². The summed E-state index contributed by atoms with van der Waals surface area (Å²) in [5.74, 6) is 1.81. The highest BCUT2D eigenvalue weighted by Gasteiger charge is 2.32. The van der Waals surface area contributed by atoms with Crippen molar-refractivity contribution in [2.24, 2.45) is 5.92 Å². The standard InChI is InChI=1S/C25H30N2O5S.ClH/c1-30-21-14-17(15-22(31-2)24(21)32-3)25(29)27-12-10-26(11-13-27)9-8-20(28)19-16-33-23-7-5-4-6-18(19)23;/h4-7,14-16,18,23H,8-13H2,1-3H3;1H. The molecule has 34 heavy (non-hydrogen) atoms. The van der Waals surface area contributed by atoms with Gasteiger partial charge >= 0.3 is 0 Å². The van der Waals surface area contributed by atoms with Gasteiger partial charge in [0.1, 0.15) is 0 Å². The van der Waals surface area contributed by atoms with Crippen molar-refractivity contribution >= 4 is 23.5 Å². The summed E-state index contributed by atoms with van der Waals surface area (Å²) in [5, 5.41) is 2.41. The monoisotopic (exact) mass is 506 g/mol. The highest BCUT2D eigenvalue weighted by Crippen LogP contribution is 2.40. The third-order valence-corrected chi connectivity index (χ3v) is 7.65. The van der Waals surface area contributed by atoms with E-state index in [1.807, 2.05) is 16.4 Å². The number of piperazine rings is 1. The fraction of sp³-hybridized carbons (Fsp3) is 0.440. The van der Waals surface area contributed by atoms with Crippen LogP contribution in [-0.4, -0.2) is 75.9 Å². The van der Waals surface area contributed by atoms with Crippen LogP contribution in [0.2, 0.25) is 0 Å². The molecule has 0 radical (unpaired) electrons. The maximum Gasteiger partial charge on any atom is 0.254 e. The van der Waals surface area contributed by atoms with Gasteiger partial charge in [-0.25, -0.2) is 0 Å². The average Bonchev–Trinajstić information content (AvgIpc) is 3.30. The molecule has 2 unspecified atom stereocenters. The predicted molar refractivity (Wildman–Crippen MR) is 128 cm³/mol. The molecule has 2 aliphatic heterocycles. The van der Waals surface area contributed by atoms with E-state index in [0.717, 1.165) is 25.2 Å². The quantitative estimate of drug-likeness (QED) is 0.475. The van der Waals surface area contributed by atoms with Gasteiger partial charge in [-0.05, 0) is 17.5 Å². The largest absolute Gasteiger partial charge is 1.00 e. The Kier molecular flexibility index (Phi) is 9.10. The second-order valence-corrected chi connectivity index (χ2v) is 9.40. The molecule has 3 aliphatic rings. The minimum absolute atomic E-state index is 0. The van der Waals surface area contributed by atoms with Crippen molar-refractivity contribution in [1.82, 2.24) is 4.90 Å². The van der Waals surface area contributed by atoms with Crippen molar-refractivity contribution in [3.63, 3.8) is 0 Å². The Bertz CT molecular complexity index is 976. The van der Waals surface area contributed by atoms with Gasteiger partial charge in [0, 0.05) is 22.3 Å². The number of hydrogen-bond acceptors (Lipinski definition) is 6. The van der Waals surface area contributed by atoms with E-state index in [2.05, 4.69) is 18.2 Å². The van der Waals surface area contributed by atoms with Crippen LogP contribution in [0.15, 0.2) is 47.4 Å². The van der Waals surface area contributed by atoms with Crippen molar-refractivity contribution in [2.75, 3.05) is 54.1 Å². The molecule has 184 valence electrons. The van der Waals surface area contributed by atoms with Gasteiger partial charge in [-0.1, -0.05) is 24.3 Å². The topological polar surface area (TPSA) is 69.5 Å². The number of quaternary nitrogens is 1. The number of rotatable bonds is 8. The summed E-state index contributed by atoms with van der Waals surface area (Å²) in [6.07, 6.45) is 8.93. The smallest absolute Gasteiger partial charge is 0.254 e. The second-order valence-electron chi connectivity index (χ2n) is 8.35. The Morgan fingerprint density at radius 3 is 2.29 bits per heavy atom. The van der Waals surface area contributed by atoms with E-state index in [0.29, 0.717) is 47.6 Å². The summed E-state index contributed by atoms with van der Waals surface area (Å²) < 4.78 is 16.1. The van der Waals surface area contributed by atoms with Crippen LogP contribution in [0, 0.1) is 5.92 Å². The van der Waals surface area contributed by atoms with E-state index in [4.69, 9.17) is 14.2 Å². The van der Waals surface area contributed by atoms with Crippen LogP contribution < -0.4 is 31.5 Å². The minimum Gasteiger partial charge on any atom is -1.00 e. The Morgan fingerprint density at radius 1 is 1.03 bits per heavy atom. The first kappa shape index (κ1) is 26.2. The van der Waals surface area contributed by atoms with Gasteiger partial charge in [-0.15, -0.1) is 11.8 Å². The average molecular weight is 507 g/mol. The van der Waals surface area contributed by atoms with E-state index in [9.17, 15) is 9.59 Å². The number of Topliss-reactive ketones (excluding diaryl/α,β-unsaturated/α-hetero) is 1. The van der Waals surface area contributed by atoms with Crippen LogP contribution >= 0.6 is 11.8 Å². The van der Waals surface area contributed by atoms with Crippen LogP contribution in [0.25, 0.3) is 0 Å². The Balaban J connectivity index is 0.00000324. The highest BCUT2D eigenvalue weighted by atomic mass is 35.5. The molecule has 0 spiro atoms. The maximum absolute atomic E-state index is 13.1. The number of halogens is 1. The van der Waals surface area contributed by atoms with Gasteiger partial charge < -0.3 is 36.4 Å². The Morgan fingerprint density at radius 2 is 1.68 bits per heavy atom. The number of benzene rings is 1. The van der Waals surface area contributed by atoms with Crippen molar-refractivity contribution in [1.29, 1.82) is 0 Å². The molecule has 1 saturated heterocycles. The van der Waals surface area contributed by atoms with Gasteiger partial charge in [0.15, 0.2) is 17.3 Å². The lowest BCUT2D eigenvalue weighted by atomic mass is 9.89. The summed E-state index contributed by atoms with van der Waals surface area (Å²) in [6, 6.07) is 3.38. The van der Waals surface area contributed by atoms with Crippen molar-refractivity contribution < 1.29 is 41.1 Å². The summed E-state index contributed by atoms with van der Waals surface area (Å²) in [5.41, 5.74) is 1.46. The normalized spacial score (nSPS) is 21.4. The molecule has 4 rings (SSSR count). The third kappa shape index (κ3) is 5.45. The van der Waals surface area contributed by atoms with Crippen LogP contribution in [0.1, 0.15) is 16.8 Å². The Labute approximate surface area is 211 Å². The lowest BCUT2D eigenvalue weighted by molar-refractivity contribution is -0.903. The van der Waals surface area contributed by atoms with Gasteiger partial charge in [-0.3, -0.25) is 9.59 Å². The van der Waals surface area contributed by atoms with E-state index in [-0.39, 0.29) is 30.0 Å². The van der Waals surface area contributed by atoms with Gasteiger partial charge in [-0.2, -0.15) is 0 Å². The molecule has 2 heterocycles. The van der Waals surface area contributed by atoms with Crippen molar-refractivity contribution in [3.05, 3.63) is 53.0 Å². The second kappa shape index (κ2) is 11.8. The lowest BCUT2D eigenvalue weighted by Gasteiger charge is -2.32. The molecule has 1 fully saturated rings. The number of hydrogen-bond donors (Lipinski definition) is 1. The van der Waals surface area contributed by atoms with E-state index < -0.39 is 0 Å². The third-order valence-electron chi connectivity index (χ3n) is 6.49. The number of nitrogens with zero attached hydrogens (tertiary/aromatic N) is 1. The molecule has 7 nitrogen and oxygen atoms in total. The van der Waals surface area contributed by atoms with Crippen LogP contribution in [0.5, 0.6) is 17.2 Å². The van der Waals surface area contributed by atoms with Crippen LogP contribution in [-0.2, 0) is 4.79 Å². The van der Waals surface area contributed by atoms with Crippen LogP contribution in [0.3, 0.4) is 0 Å². The first-order valence-electron chi connectivity index (χ1n) is 11.2. The molecule has 0 saturated carbocycles. The number of fused-ring (bicyclic) bond motifs is 1. The number of thioether (sulfide) groups is 1. The molecule has 1 aliphatic carbocycles. The zero-order chi connectivity index (χ0) is 23.4. The Hall–Kier alpha value is -2.42. The van der Waals surface area contributed by atoms with E-state index in [1.165, 1.54) is 26.2 Å². The first-order chi connectivity index (χ1) is 16.0. The minimum atomic E-state index is -0.0549. The molecule has 0 bridgehead atoms. The van der Waals surface area contributed by atoms with Gasteiger partial charge in [0.25, 0.3) is 5.91 Å². The summed E-state index contributed by atoms with van der Waals surface area (Å²) in [4.78, 5) is 29.1. The predicted octanol–water partition coefficient (Wildman–Crippen LogP) is -1.24. The van der Waals surface area contributed by atoms with Crippen LogP contribution in [0.4, 0.5) is 0 Å². The molecule has 9 heteroatoms.